The Bertz CT molecular complexity index is 558. The Morgan fingerprint density at radius 3 is 2.61 bits per heavy atom. The van der Waals surface area contributed by atoms with Crippen LogP contribution in [0.25, 0.3) is 0 Å². The largest absolute Gasteiger partial charge is 0.355 e. The van der Waals surface area contributed by atoms with Crippen LogP contribution in [0.2, 0.25) is 10.2 Å². The number of benzene rings is 1. The van der Waals surface area contributed by atoms with Crippen molar-refractivity contribution in [2.24, 2.45) is 0 Å². The van der Waals surface area contributed by atoms with Crippen LogP contribution in [0.1, 0.15) is 11.1 Å². The minimum absolute atomic E-state index is 0.478. The Hall–Kier alpha value is -1.32. The maximum absolute atomic E-state index is 6.14. The molecule has 0 atom stereocenters. The smallest absolute Gasteiger partial charge is 0.137 e. The van der Waals surface area contributed by atoms with Crippen LogP contribution in [0.3, 0.4) is 0 Å². The summed E-state index contributed by atoms with van der Waals surface area (Å²) < 4.78 is 0. The lowest BCUT2D eigenvalue weighted by atomic mass is 10.2. The van der Waals surface area contributed by atoms with Gasteiger partial charge in [-0.15, -0.1) is 0 Å². The fourth-order valence-electron chi connectivity index (χ4n) is 1.76. The zero-order valence-electron chi connectivity index (χ0n) is 10.2. The van der Waals surface area contributed by atoms with Crippen LogP contribution in [-0.2, 0) is 6.54 Å². The number of aromatic nitrogens is 2. The van der Waals surface area contributed by atoms with E-state index in [9.17, 15) is 0 Å². The minimum Gasteiger partial charge on any atom is -0.355 e. The summed E-state index contributed by atoms with van der Waals surface area (Å²) in [5.74, 6) is 0.815. The third kappa shape index (κ3) is 2.74. The summed E-state index contributed by atoms with van der Waals surface area (Å²) in [4.78, 5) is 10.2. The molecule has 0 aliphatic carbocycles. The maximum atomic E-state index is 6.14. The molecule has 0 N–H and O–H groups in total. The third-order valence-corrected chi connectivity index (χ3v) is 3.47. The van der Waals surface area contributed by atoms with Gasteiger partial charge < -0.3 is 4.90 Å². The highest BCUT2D eigenvalue weighted by Crippen LogP contribution is 2.24. The van der Waals surface area contributed by atoms with Crippen LogP contribution in [0.15, 0.2) is 30.6 Å². The van der Waals surface area contributed by atoms with E-state index in [4.69, 9.17) is 23.2 Å². The first-order chi connectivity index (χ1) is 8.59. The van der Waals surface area contributed by atoms with Gasteiger partial charge in [0.05, 0.1) is 0 Å². The zero-order chi connectivity index (χ0) is 13.1. The molecule has 0 unspecified atom stereocenters. The molecule has 3 nitrogen and oxygen atoms in total. The second-order valence-electron chi connectivity index (χ2n) is 4.06. The number of hydrogen-bond donors (Lipinski definition) is 0. The lowest BCUT2D eigenvalue weighted by molar-refractivity contribution is 0.882. The van der Waals surface area contributed by atoms with Gasteiger partial charge in [0, 0.05) is 24.2 Å². The van der Waals surface area contributed by atoms with Crippen molar-refractivity contribution in [2.45, 2.75) is 13.5 Å². The molecule has 0 radical (unpaired) electrons. The molecule has 0 fully saturated rings. The van der Waals surface area contributed by atoms with Crippen LogP contribution in [0.5, 0.6) is 0 Å². The highest BCUT2D eigenvalue weighted by molar-refractivity contribution is 6.31. The number of nitrogens with zero attached hydrogens (tertiary/aromatic N) is 3. The van der Waals surface area contributed by atoms with Gasteiger partial charge in [-0.1, -0.05) is 41.4 Å². The van der Waals surface area contributed by atoms with Crippen LogP contribution >= 0.6 is 23.2 Å². The van der Waals surface area contributed by atoms with Crippen molar-refractivity contribution in [3.63, 3.8) is 0 Å². The molecule has 1 aromatic carbocycles. The van der Waals surface area contributed by atoms with E-state index in [-0.39, 0.29) is 0 Å². The molecule has 0 saturated heterocycles. The van der Waals surface area contributed by atoms with Crippen molar-refractivity contribution >= 4 is 29.0 Å². The van der Waals surface area contributed by atoms with E-state index in [1.807, 2.05) is 43.1 Å². The van der Waals surface area contributed by atoms with Crippen LogP contribution in [-0.4, -0.2) is 17.0 Å². The summed E-state index contributed by atoms with van der Waals surface area (Å²) in [6.07, 6.45) is 1.47. The summed E-state index contributed by atoms with van der Waals surface area (Å²) in [5.41, 5.74) is 1.92. The molecule has 2 rings (SSSR count). The van der Waals surface area contributed by atoms with E-state index >= 15 is 0 Å². The molecule has 0 bridgehead atoms. The van der Waals surface area contributed by atoms with Crippen LogP contribution in [0.4, 0.5) is 5.82 Å². The molecule has 0 aliphatic heterocycles. The molecule has 18 heavy (non-hydrogen) atoms. The first-order valence-corrected chi connectivity index (χ1v) is 6.27. The van der Waals surface area contributed by atoms with E-state index in [2.05, 4.69) is 9.97 Å². The molecule has 0 amide bonds. The molecular formula is C13H13Cl2N3. The lowest BCUT2D eigenvalue weighted by Crippen LogP contribution is -2.19. The zero-order valence-corrected chi connectivity index (χ0v) is 11.7. The highest BCUT2D eigenvalue weighted by atomic mass is 35.5. The Labute approximate surface area is 116 Å². The third-order valence-electron chi connectivity index (χ3n) is 2.72. The fourth-order valence-corrected chi connectivity index (χ4v) is 2.09. The van der Waals surface area contributed by atoms with Crippen molar-refractivity contribution in [2.75, 3.05) is 11.9 Å². The maximum Gasteiger partial charge on any atom is 0.137 e. The normalized spacial score (nSPS) is 10.4. The monoisotopic (exact) mass is 281 g/mol. The summed E-state index contributed by atoms with van der Waals surface area (Å²) in [6, 6.07) is 7.76. The standard InChI is InChI=1S/C13H13Cl2N3/c1-9-12(15)16-8-17-13(9)18(2)7-10-5-3-4-6-11(10)14/h3-6,8H,7H2,1-2H3. The van der Waals surface area contributed by atoms with Gasteiger partial charge in [0.2, 0.25) is 0 Å². The first-order valence-electron chi connectivity index (χ1n) is 5.51. The van der Waals surface area contributed by atoms with Crippen molar-refractivity contribution < 1.29 is 0 Å². The van der Waals surface area contributed by atoms with E-state index < -0.39 is 0 Å². The second kappa shape index (κ2) is 5.55. The Kier molecular flexibility index (Phi) is 4.04. The number of halogens is 2. The quantitative estimate of drug-likeness (QED) is 0.803. The van der Waals surface area contributed by atoms with Crippen molar-refractivity contribution in [3.05, 3.63) is 51.9 Å². The van der Waals surface area contributed by atoms with Crippen LogP contribution < -0.4 is 4.90 Å². The van der Waals surface area contributed by atoms with E-state index in [1.165, 1.54) is 6.33 Å². The van der Waals surface area contributed by atoms with Gasteiger partial charge in [-0.3, -0.25) is 0 Å². The lowest BCUT2D eigenvalue weighted by Gasteiger charge is -2.20. The summed E-state index contributed by atoms with van der Waals surface area (Å²) >= 11 is 12.1. The summed E-state index contributed by atoms with van der Waals surface area (Å²) in [6.45, 7) is 2.58. The van der Waals surface area contributed by atoms with E-state index in [0.29, 0.717) is 11.7 Å². The van der Waals surface area contributed by atoms with Gasteiger partial charge >= 0.3 is 0 Å². The minimum atomic E-state index is 0.478. The molecular weight excluding hydrogens is 269 g/mol. The number of rotatable bonds is 3. The Balaban J connectivity index is 2.25. The van der Waals surface area contributed by atoms with Gasteiger partial charge in [-0.25, -0.2) is 9.97 Å². The SMILES string of the molecule is Cc1c(Cl)ncnc1N(C)Cc1ccccc1Cl. The predicted molar refractivity (Wildman–Crippen MR) is 75.3 cm³/mol. The molecule has 5 heteroatoms. The molecule has 0 aliphatic rings. The molecule has 94 valence electrons. The average molecular weight is 282 g/mol. The van der Waals surface area contributed by atoms with Crippen molar-refractivity contribution in [1.29, 1.82) is 0 Å². The molecule has 1 aromatic heterocycles. The number of anilines is 1. The van der Waals surface area contributed by atoms with Crippen molar-refractivity contribution in [3.8, 4) is 0 Å². The summed E-state index contributed by atoms with van der Waals surface area (Å²) in [7, 11) is 1.95. The van der Waals surface area contributed by atoms with Crippen molar-refractivity contribution in [1.82, 2.24) is 9.97 Å². The van der Waals surface area contributed by atoms with Gasteiger partial charge in [0.15, 0.2) is 0 Å². The predicted octanol–water partition coefficient (Wildman–Crippen LogP) is 3.73. The van der Waals surface area contributed by atoms with E-state index in [1.54, 1.807) is 0 Å². The van der Waals surface area contributed by atoms with Gasteiger partial charge in [0.1, 0.15) is 17.3 Å². The molecule has 0 saturated carbocycles. The molecule has 2 aromatic rings. The second-order valence-corrected chi connectivity index (χ2v) is 4.83. The van der Waals surface area contributed by atoms with E-state index in [0.717, 1.165) is 22.0 Å². The van der Waals surface area contributed by atoms with Gasteiger partial charge in [-0.05, 0) is 18.6 Å². The average Bonchev–Trinajstić information content (AvgIpc) is 2.35. The Morgan fingerprint density at radius 2 is 1.89 bits per heavy atom. The summed E-state index contributed by atoms with van der Waals surface area (Å²) in [5, 5.41) is 1.23. The van der Waals surface area contributed by atoms with Gasteiger partial charge in [0.25, 0.3) is 0 Å². The van der Waals surface area contributed by atoms with Crippen LogP contribution in [0, 0.1) is 6.92 Å². The topological polar surface area (TPSA) is 29.0 Å². The highest BCUT2D eigenvalue weighted by Gasteiger charge is 2.11. The van der Waals surface area contributed by atoms with Gasteiger partial charge in [-0.2, -0.15) is 0 Å². The number of hydrogen-bond acceptors (Lipinski definition) is 3. The first kappa shape index (κ1) is 13.1. The molecule has 1 heterocycles. The molecule has 0 spiro atoms. The fraction of sp³-hybridized carbons (Fsp3) is 0.231. The Morgan fingerprint density at radius 1 is 1.17 bits per heavy atom.